The average molecular weight is 621 g/mol. The number of cyclic esters (lactones) is 1. The zero-order valence-corrected chi connectivity index (χ0v) is 29.1. The molecule has 3 N–H and O–H groups in total. The smallest absolute Gasteiger partial charge is 0.334 e. The summed E-state index contributed by atoms with van der Waals surface area (Å²) in [5.41, 5.74) is 2.32. The molecule has 1 fully saturated rings. The van der Waals surface area contributed by atoms with Crippen LogP contribution in [0.4, 0.5) is 0 Å². The van der Waals surface area contributed by atoms with Crippen LogP contribution < -0.4 is 0 Å². The maximum atomic E-state index is 13.4. The summed E-state index contributed by atoms with van der Waals surface area (Å²) in [5.74, 6) is -3.43. The van der Waals surface area contributed by atoms with Gasteiger partial charge in [0.2, 0.25) is 0 Å². The van der Waals surface area contributed by atoms with E-state index in [1.54, 1.807) is 34.0 Å². The molecule has 0 aromatic carbocycles. The first kappa shape index (κ1) is 38.4. The van der Waals surface area contributed by atoms with Gasteiger partial charge in [-0.05, 0) is 45.1 Å². The van der Waals surface area contributed by atoms with Crippen molar-refractivity contribution in [1.82, 2.24) is 0 Å². The first-order valence-electron chi connectivity index (χ1n) is 16.2. The molecule has 0 aromatic heterocycles. The van der Waals surface area contributed by atoms with Crippen LogP contribution in [0.5, 0.6) is 0 Å². The first-order valence-corrected chi connectivity index (χ1v) is 16.2. The van der Waals surface area contributed by atoms with Gasteiger partial charge in [-0.2, -0.15) is 0 Å². The molecule has 0 radical (unpaired) electrons. The summed E-state index contributed by atoms with van der Waals surface area (Å²) in [4.78, 5) is 13.4. The Morgan fingerprint density at radius 3 is 2.23 bits per heavy atom. The number of carbonyl (C=O) groups is 1. The molecule has 1 saturated heterocycles. The van der Waals surface area contributed by atoms with Gasteiger partial charge < -0.3 is 34.3 Å². The van der Waals surface area contributed by atoms with Crippen LogP contribution >= 0.6 is 0 Å². The molecule has 2 aliphatic rings. The van der Waals surface area contributed by atoms with E-state index < -0.39 is 48.0 Å². The Morgan fingerprint density at radius 2 is 1.66 bits per heavy atom. The summed E-state index contributed by atoms with van der Waals surface area (Å²) in [6.45, 7) is 19.3. The van der Waals surface area contributed by atoms with Gasteiger partial charge in [0.25, 0.3) is 0 Å². The molecule has 44 heavy (non-hydrogen) atoms. The topological polar surface area (TPSA) is 115 Å². The average Bonchev–Trinajstić information content (AvgIpc) is 2.96. The number of hydrogen-bond donors (Lipinski definition) is 3. The standard InChI is InChI=1S/C36H60O8/c1-20(2)33-26(8)30(42-12)19-36(40,44-33)28(10)32(38)27(9)34-29(41-11)15-13-14-21(3)16-23(5)31(37)24(6)17-22(4)18-25(7)35(39)43-34/h13-15,17-18,20,23-24,26-34,37-38,40H,16,19H2,1-12H3/t23-,24+,26-,27-,28-,29-,30+,31-,32+,33+,34+,36+/m0/s1. The van der Waals surface area contributed by atoms with Crippen molar-refractivity contribution < 1.29 is 39.1 Å². The van der Waals surface area contributed by atoms with E-state index in [2.05, 4.69) is 6.92 Å². The van der Waals surface area contributed by atoms with Gasteiger partial charge >= 0.3 is 5.97 Å². The molecular formula is C36H60O8. The number of methoxy groups -OCH3 is 2. The van der Waals surface area contributed by atoms with Crippen molar-refractivity contribution in [3.05, 3.63) is 47.1 Å². The fraction of sp³-hybridized carbons (Fsp3) is 0.750. The fourth-order valence-corrected chi connectivity index (χ4v) is 6.85. The third-order valence-electron chi connectivity index (χ3n) is 9.76. The largest absolute Gasteiger partial charge is 0.456 e. The van der Waals surface area contributed by atoms with Crippen molar-refractivity contribution in [2.24, 2.45) is 35.5 Å². The lowest BCUT2D eigenvalue weighted by Crippen LogP contribution is -2.59. The molecule has 12 atom stereocenters. The van der Waals surface area contributed by atoms with E-state index >= 15 is 0 Å². The van der Waals surface area contributed by atoms with Gasteiger partial charge in [-0.15, -0.1) is 0 Å². The normalized spacial score (nSPS) is 37.0. The highest BCUT2D eigenvalue weighted by atomic mass is 16.6. The van der Waals surface area contributed by atoms with E-state index in [9.17, 15) is 20.1 Å². The molecule has 252 valence electrons. The summed E-state index contributed by atoms with van der Waals surface area (Å²) in [7, 11) is 3.17. The zero-order chi connectivity index (χ0) is 33.5. The molecule has 0 amide bonds. The van der Waals surface area contributed by atoms with Gasteiger partial charge in [0, 0.05) is 49.9 Å². The molecule has 0 aliphatic carbocycles. The van der Waals surface area contributed by atoms with E-state index in [1.165, 1.54) is 7.11 Å². The van der Waals surface area contributed by atoms with Crippen molar-refractivity contribution in [1.29, 1.82) is 0 Å². The van der Waals surface area contributed by atoms with Crippen LogP contribution in [0.2, 0.25) is 0 Å². The lowest BCUT2D eigenvalue weighted by Gasteiger charge is -2.50. The predicted octanol–water partition coefficient (Wildman–Crippen LogP) is 5.76. The first-order chi connectivity index (χ1) is 20.5. The number of rotatable bonds is 7. The van der Waals surface area contributed by atoms with Crippen LogP contribution in [0.1, 0.15) is 82.1 Å². The predicted molar refractivity (Wildman–Crippen MR) is 174 cm³/mol. The molecule has 0 spiro atoms. The molecule has 8 nitrogen and oxygen atoms in total. The Labute approximate surface area is 266 Å². The molecular weight excluding hydrogens is 560 g/mol. The second kappa shape index (κ2) is 16.7. The van der Waals surface area contributed by atoms with E-state index in [0.717, 1.165) is 17.6 Å². The number of carbonyl (C=O) groups excluding carboxylic acids is 1. The van der Waals surface area contributed by atoms with Crippen LogP contribution in [0.3, 0.4) is 0 Å². The molecule has 0 aromatic rings. The maximum absolute atomic E-state index is 13.4. The van der Waals surface area contributed by atoms with Crippen LogP contribution in [-0.4, -0.2) is 77.9 Å². The van der Waals surface area contributed by atoms with Crippen molar-refractivity contribution in [3.8, 4) is 0 Å². The molecule has 2 heterocycles. The maximum Gasteiger partial charge on any atom is 0.334 e. The van der Waals surface area contributed by atoms with E-state index in [1.807, 2.05) is 65.8 Å². The van der Waals surface area contributed by atoms with Crippen molar-refractivity contribution >= 4 is 5.97 Å². The molecule has 2 rings (SSSR count). The summed E-state index contributed by atoms with van der Waals surface area (Å²) in [6, 6.07) is 0. The Hall–Kier alpha value is -1.81. The van der Waals surface area contributed by atoms with Crippen molar-refractivity contribution in [3.63, 3.8) is 0 Å². The number of allylic oxidation sites excluding steroid dienone is 5. The highest BCUT2D eigenvalue weighted by Gasteiger charge is 2.52. The minimum absolute atomic E-state index is 0.0353. The van der Waals surface area contributed by atoms with Crippen molar-refractivity contribution in [2.75, 3.05) is 14.2 Å². The van der Waals surface area contributed by atoms with Gasteiger partial charge in [-0.1, -0.05) is 83.9 Å². The Bertz CT molecular complexity index is 1060. The Balaban J connectivity index is 2.50. The number of hydrogen-bond acceptors (Lipinski definition) is 8. The summed E-state index contributed by atoms with van der Waals surface area (Å²) in [6.07, 6.45) is 6.59. The molecule has 0 saturated carbocycles. The highest BCUT2D eigenvalue weighted by molar-refractivity contribution is 5.88. The second-order valence-electron chi connectivity index (χ2n) is 13.9. The molecule has 0 bridgehead atoms. The molecule has 0 unspecified atom stereocenters. The Morgan fingerprint density at radius 1 is 1.02 bits per heavy atom. The third-order valence-corrected chi connectivity index (χ3v) is 9.76. The summed E-state index contributed by atoms with van der Waals surface area (Å²) in [5, 5.41) is 34.5. The molecule has 8 heteroatoms. The summed E-state index contributed by atoms with van der Waals surface area (Å²) >= 11 is 0. The second-order valence-corrected chi connectivity index (χ2v) is 13.9. The lowest BCUT2D eigenvalue weighted by molar-refractivity contribution is -0.330. The van der Waals surface area contributed by atoms with Crippen molar-refractivity contribution in [2.45, 2.75) is 124 Å². The van der Waals surface area contributed by atoms with Gasteiger partial charge in [0.05, 0.1) is 24.4 Å². The fourth-order valence-electron chi connectivity index (χ4n) is 6.85. The quantitative estimate of drug-likeness (QED) is 0.308. The van der Waals surface area contributed by atoms with Gasteiger partial charge in [-0.3, -0.25) is 0 Å². The number of aliphatic hydroxyl groups is 3. The zero-order valence-electron chi connectivity index (χ0n) is 29.1. The van der Waals surface area contributed by atoms with Crippen LogP contribution in [0, 0.1) is 35.5 Å². The Kier molecular flexibility index (Phi) is 14.5. The van der Waals surface area contributed by atoms with Gasteiger partial charge in [-0.25, -0.2) is 4.79 Å². The van der Waals surface area contributed by atoms with Crippen LogP contribution in [0.25, 0.3) is 0 Å². The van der Waals surface area contributed by atoms with E-state index in [4.69, 9.17) is 18.9 Å². The number of esters is 1. The highest BCUT2D eigenvalue weighted by Crippen LogP contribution is 2.42. The van der Waals surface area contributed by atoms with Gasteiger partial charge in [0.1, 0.15) is 12.2 Å². The van der Waals surface area contributed by atoms with E-state index in [0.29, 0.717) is 5.57 Å². The lowest BCUT2D eigenvalue weighted by atomic mass is 9.76. The van der Waals surface area contributed by atoms with Gasteiger partial charge in [0.15, 0.2) is 5.79 Å². The third kappa shape index (κ3) is 9.60. The number of aliphatic hydroxyl groups excluding tert-OH is 2. The minimum atomic E-state index is -1.65. The van der Waals surface area contributed by atoms with E-state index in [-0.39, 0.29) is 42.3 Å². The SMILES string of the molecule is CO[C@H]1C=CC=C(C)C[C@H](C)[C@H](O)[C@H](C)C=C(C)C=C(C)C(=O)O[C@@H]1[C@@H](C)[C@@H](O)[C@H](C)[C@@]1(O)C[C@@H](OC)[C@H](C)[C@@H](C(C)C)O1. The van der Waals surface area contributed by atoms with Crippen LogP contribution in [-0.2, 0) is 23.7 Å². The number of ether oxygens (including phenoxy) is 4. The minimum Gasteiger partial charge on any atom is -0.456 e. The monoisotopic (exact) mass is 620 g/mol. The van der Waals surface area contributed by atoms with Crippen LogP contribution in [0.15, 0.2) is 47.1 Å². The summed E-state index contributed by atoms with van der Waals surface area (Å²) < 4.78 is 24.0. The molecule has 2 aliphatic heterocycles.